The number of carbonyl (C=O) groups excluding carboxylic acids is 1. The Balaban J connectivity index is 1.41. The van der Waals surface area contributed by atoms with Gasteiger partial charge in [0, 0.05) is 45.5 Å². The third kappa shape index (κ3) is 4.06. The number of hydrogen-bond donors (Lipinski definition) is 1. The number of hydrogen-bond acceptors (Lipinski definition) is 5. The predicted molar refractivity (Wildman–Crippen MR) is 124 cm³/mol. The van der Waals surface area contributed by atoms with Crippen molar-refractivity contribution < 1.29 is 13.2 Å². The van der Waals surface area contributed by atoms with Crippen LogP contribution in [-0.2, 0) is 14.6 Å². The van der Waals surface area contributed by atoms with Gasteiger partial charge >= 0.3 is 0 Å². The zero-order valence-electron chi connectivity index (χ0n) is 17.6. The summed E-state index contributed by atoms with van der Waals surface area (Å²) in [6, 6.07) is 9.92. The Morgan fingerprint density at radius 3 is 2.71 bits per heavy atom. The number of sulfone groups is 1. The van der Waals surface area contributed by atoms with Crippen molar-refractivity contribution in [2.24, 2.45) is 5.92 Å². The summed E-state index contributed by atoms with van der Waals surface area (Å²) < 4.78 is 26.1. The highest BCUT2D eigenvalue weighted by Crippen LogP contribution is 2.36. The Morgan fingerprint density at radius 2 is 2.00 bits per heavy atom. The third-order valence-electron chi connectivity index (χ3n) is 6.16. The normalized spacial score (nSPS) is 20.1. The van der Waals surface area contributed by atoms with Gasteiger partial charge in [-0.2, -0.15) is 0 Å². The van der Waals surface area contributed by atoms with Gasteiger partial charge in [-0.15, -0.1) is 11.3 Å². The van der Waals surface area contributed by atoms with E-state index in [0.29, 0.717) is 6.42 Å². The van der Waals surface area contributed by atoms with Crippen molar-refractivity contribution in [3.63, 3.8) is 0 Å². The second-order valence-corrected chi connectivity index (χ2v) is 11.7. The fourth-order valence-corrected chi connectivity index (χ4v) is 6.94. The molecule has 1 atom stereocenters. The van der Waals surface area contributed by atoms with E-state index in [9.17, 15) is 13.2 Å². The van der Waals surface area contributed by atoms with Gasteiger partial charge in [-0.1, -0.05) is 12.1 Å². The Labute approximate surface area is 186 Å². The van der Waals surface area contributed by atoms with Crippen LogP contribution in [0.25, 0.3) is 21.8 Å². The van der Waals surface area contributed by atoms with Crippen molar-refractivity contribution in [3.8, 4) is 21.8 Å². The van der Waals surface area contributed by atoms with Crippen LogP contribution in [0.3, 0.4) is 0 Å². The average Bonchev–Trinajstić information content (AvgIpc) is 3.25. The molecule has 0 radical (unpaired) electrons. The van der Waals surface area contributed by atoms with Crippen LogP contribution in [0.1, 0.15) is 36.7 Å². The smallest absolute Gasteiger partial charge is 0.227 e. The van der Waals surface area contributed by atoms with Crippen LogP contribution in [0.5, 0.6) is 0 Å². The van der Waals surface area contributed by atoms with E-state index in [-0.39, 0.29) is 29.4 Å². The number of nitrogens with one attached hydrogen (secondary N) is 1. The van der Waals surface area contributed by atoms with Crippen molar-refractivity contribution >= 4 is 32.8 Å². The molecule has 1 aromatic carbocycles. The molecule has 1 N–H and O–H groups in total. The minimum atomic E-state index is -2.94. The van der Waals surface area contributed by atoms with Crippen LogP contribution >= 0.6 is 11.3 Å². The van der Waals surface area contributed by atoms with Crippen molar-refractivity contribution in [3.05, 3.63) is 47.1 Å². The van der Waals surface area contributed by atoms with Gasteiger partial charge in [-0.3, -0.25) is 4.79 Å². The number of thiazole rings is 1. The van der Waals surface area contributed by atoms with Gasteiger partial charge in [-0.25, -0.2) is 13.4 Å². The SMILES string of the molecule is Cc1cc(-c2csc(-c3cccc(NC(=O)C4CC4)c3)n2)c(C)n1C1CCS(=O)(=O)C1. The maximum atomic E-state index is 12.1. The molecular weight excluding hydrogens is 430 g/mol. The van der Waals surface area contributed by atoms with Crippen LogP contribution in [0, 0.1) is 19.8 Å². The van der Waals surface area contributed by atoms with E-state index in [2.05, 4.69) is 16.0 Å². The Bertz CT molecular complexity index is 1270. The molecule has 5 rings (SSSR count). The number of aryl methyl sites for hydroxylation is 1. The largest absolute Gasteiger partial charge is 0.344 e. The molecule has 2 aliphatic rings. The van der Waals surface area contributed by atoms with Gasteiger partial charge in [0.25, 0.3) is 0 Å². The van der Waals surface area contributed by atoms with Gasteiger partial charge in [-0.05, 0) is 51.3 Å². The fourth-order valence-electron chi connectivity index (χ4n) is 4.43. The highest BCUT2D eigenvalue weighted by Gasteiger charge is 2.31. The molecule has 2 aromatic heterocycles. The summed E-state index contributed by atoms with van der Waals surface area (Å²) in [6.45, 7) is 4.07. The summed E-state index contributed by atoms with van der Waals surface area (Å²) >= 11 is 1.57. The second-order valence-electron chi connectivity index (χ2n) is 8.59. The first-order chi connectivity index (χ1) is 14.8. The Morgan fingerprint density at radius 1 is 1.19 bits per heavy atom. The van der Waals surface area contributed by atoms with E-state index in [1.54, 1.807) is 11.3 Å². The molecule has 1 aliphatic carbocycles. The zero-order valence-corrected chi connectivity index (χ0v) is 19.2. The summed E-state index contributed by atoms with van der Waals surface area (Å²) in [7, 11) is -2.94. The lowest BCUT2D eigenvalue weighted by atomic mass is 10.2. The molecule has 1 aliphatic heterocycles. The summed E-state index contributed by atoms with van der Waals surface area (Å²) in [6.07, 6.45) is 2.62. The monoisotopic (exact) mass is 455 g/mol. The molecule has 2 fully saturated rings. The first kappa shape index (κ1) is 20.5. The van der Waals surface area contributed by atoms with E-state index in [1.807, 2.05) is 43.5 Å². The minimum absolute atomic E-state index is 0.00335. The van der Waals surface area contributed by atoms with Gasteiger partial charge in [0.05, 0.1) is 17.2 Å². The highest BCUT2D eigenvalue weighted by atomic mass is 32.2. The first-order valence-electron chi connectivity index (χ1n) is 10.6. The van der Waals surface area contributed by atoms with E-state index in [0.717, 1.165) is 51.7 Å². The second kappa shape index (κ2) is 7.60. The number of rotatable bonds is 5. The van der Waals surface area contributed by atoms with E-state index < -0.39 is 9.84 Å². The topological polar surface area (TPSA) is 81.1 Å². The maximum absolute atomic E-state index is 12.1. The number of carbonyl (C=O) groups is 1. The highest BCUT2D eigenvalue weighted by molar-refractivity contribution is 7.91. The fraction of sp³-hybridized carbons (Fsp3) is 0.391. The minimum Gasteiger partial charge on any atom is -0.344 e. The predicted octanol–water partition coefficient (Wildman–Crippen LogP) is 4.60. The summed E-state index contributed by atoms with van der Waals surface area (Å²) in [5, 5.41) is 5.93. The van der Waals surface area contributed by atoms with E-state index >= 15 is 0 Å². The van der Waals surface area contributed by atoms with E-state index in [1.165, 1.54) is 0 Å². The number of benzene rings is 1. The van der Waals surface area contributed by atoms with Crippen molar-refractivity contribution in [1.82, 2.24) is 9.55 Å². The van der Waals surface area contributed by atoms with Crippen molar-refractivity contribution in [2.75, 3.05) is 16.8 Å². The number of amides is 1. The van der Waals surface area contributed by atoms with Crippen LogP contribution in [-0.4, -0.2) is 35.4 Å². The molecule has 3 aromatic rings. The molecule has 0 spiro atoms. The molecule has 3 heterocycles. The maximum Gasteiger partial charge on any atom is 0.227 e. The van der Waals surface area contributed by atoms with Gasteiger partial charge < -0.3 is 9.88 Å². The molecule has 0 bridgehead atoms. The van der Waals surface area contributed by atoms with Crippen LogP contribution < -0.4 is 5.32 Å². The molecule has 6 nitrogen and oxygen atoms in total. The summed E-state index contributed by atoms with van der Waals surface area (Å²) in [4.78, 5) is 16.9. The van der Waals surface area contributed by atoms with Crippen LogP contribution in [0.2, 0.25) is 0 Å². The van der Waals surface area contributed by atoms with Crippen molar-refractivity contribution in [2.45, 2.75) is 39.2 Å². The molecule has 1 saturated heterocycles. The zero-order chi connectivity index (χ0) is 21.8. The molecular formula is C23H25N3O3S2. The van der Waals surface area contributed by atoms with Gasteiger partial charge in [0.1, 0.15) is 5.01 Å². The lowest BCUT2D eigenvalue weighted by Crippen LogP contribution is -2.13. The van der Waals surface area contributed by atoms with E-state index in [4.69, 9.17) is 4.98 Å². The number of nitrogens with zero attached hydrogens (tertiary/aromatic N) is 2. The Kier molecular flexibility index (Phi) is 5.01. The van der Waals surface area contributed by atoms with Crippen LogP contribution in [0.15, 0.2) is 35.7 Å². The third-order valence-corrected chi connectivity index (χ3v) is 8.80. The molecule has 1 saturated carbocycles. The quantitative estimate of drug-likeness (QED) is 0.609. The lowest BCUT2D eigenvalue weighted by Gasteiger charge is -2.16. The average molecular weight is 456 g/mol. The molecule has 1 amide bonds. The number of anilines is 1. The van der Waals surface area contributed by atoms with Gasteiger partial charge in [0.2, 0.25) is 5.91 Å². The molecule has 1 unspecified atom stereocenters. The molecule has 162 valence electrons. The van der Waals surface area contributed by atoms with Crippen molar-refractivity contribution in [1.29, 1.82) is 0 Å². The first-order valence-corrected chi connectivity index (χ1v) is 13.3. The van der Waals surface area contributed by atoms with Gasteiger partial charge in [0.15, 0.2) is 9.84 Å². The summed E-state index contributed by atoms with van der Waals surface area (Å²) in [5.74, 6) is 0.738. The Hall–Kier alpha value is -2.45. The lowest BCUT2D eigenvalue weighted by molar-refractivity contribution is -0.117. The number of aromatic nitrogens is 2. The standard InChI is InChI=1S/C23H25N3O3S2/c1-14-10-20(15(2)26(14)19-8-9-31(28,29)13-19)21-12-30-23(25-21)17-4-3-5-18(11-17)24-22(27)16-6-7-16/h3-5,10-12,16,19H,6-9,13H2,1-2H3,(H,24,27). The van der Waals surface area contributed by atoms with Crippen LogP contribution in [0.4, 0.5) is 5.69 Å². The molecule has 31 heavy (non-hydrogen) atoms. The summed E-state index contributed by atoms with van der Waals surface area (Å²) in [5.41, 5.74) is 5.83. The molecule has 8 heteroatoms.